The average molecular weight is 315 g/mol. The van der Waals surface area contributed by atoms with Crippen molar-refractivity contribution in [3.8, 4) is 0 Å². The number of ether oxygens (including phenoxy) is 2. The lowest BCUT2D eigenvalue weighted by molar-refractivity contribution is -0.137. The van der Waals surface area contributed by atoms with E-state index in [0.29, 0.717) is 19.4 Å². The van der Waals surface area contributed by atoms with E-state index in [1.165, 1.54) is 0 Å². The quantitative estimate of drug-likeness (QED) is 0.809. The molecule has 1 saturated heterocycles. The Balaban J connectivity index is 2.74. The van der Waals surface area contributed by atoms with E-state index >= 15 is 0 Å². The van der Waals surface area contributed by atoms with Crippen molar-refractivity contribution in [2.45, 2.75) is 65.2 Å². The second kappa shape index (κ2) is 7.92. The zero-order valence-electron chi connectivity index (χ0n) is 14.2. The lowest BCUT2D eigenvalue weighted by Crippen LogP contribution is -2.52. The molecule has 6 nitrogen and oxygen atoms in total. The van der Waals surface area contributed by atoms with E-state index in [1.807, 2.05) is 13.8 Å². The molecule has 6 heteroatoms. The van der Waals surface area contributed by atoms with Gasteiger partial charge in [-0.2, -0.15) is 0 Å². The molecule has 22 heavy (non-hydrogen) atoms. The van der Waals surface area contributed by atoms with Gasteiger partial charge in [-0.25, -0.2) is 4.79 Å². The third-order valence-corrected chi connectivity index (χ3v) is 3.46. The summed E-state index contributed by atoms with van der Waals surface area (Å²) in [5.74, 6) is -0.347. The van der Waals surface area contributed by atoms with Gasteiger partial charge in [0.1, 0.15) is 11.4 Å². The summed E-state index contributed by atoms with van der Waals surface area (Å²) < 4.78 is 10.5. The first-order valence-electron chi connectivity index (χ1n) is 7.88. The molecular weight excluding hydrogens is 286 g/mol. The van der Waals surface area contributed by atoms with E-state index in [9.17, 15) is 14.7 Å². The highest BCUT2D eigenvalue weighted by molar-refractivity contribution is 5.82. The molecule has 0 aliphatic carbocycles. The zero-order chi connectivity index (χ0) is 16.9. The zero-order valence-corrected chi connectivity index (χ0v) is 14.2. The first kappa shape index (κ1) is 18.9. The molecule has 2 N–H and O–H groups in total. The average Bonchev–Trinajstić information content (AvgIpc) is 2.35. The molecule has 0 aromatic heterocycles. The van der Waals surface area contributed by atoms with Gasteiger partial charge in [0.15, 0.2) is 0 Å². The fraction of sp³-hybridized carbons (Fsp3) is 0.875. The number of rotatable bonds is 5. The molecule has 0 radical (unpaired) electrons. The van der Waals surface area contributed by atoms with Crippen LogP contribution in [0.5, 0.6) is 0 Å². The van der Waals surface area contributed by atoms with Crippen LogP contribution in [0, 0.1) is 11.8 Å². The van der Waals surface area contributed by atoms with Crippen molar-refractivity contribution in [3.63, 3.8) is 0 Å². The van der Waals surface area contributed by atoms with Crippen LogP contribution in [-0.2, 0) is 14.3 Å². The number of aliphatic hydroxyl groups is 1. The predicted octanol–water partition coefficient (Wildman–Crippen LogP) is 1.89. The fourth-order valence-corrected chi connectivity index (χ4v) is 2.48. The Morgan fingerprint density at radius 3 is 2.59 bits per heavy atom. The molecule has 2 unspecified atom stereocenters. The molecular formula is C16H29NO5. The summed E-state index contributed by atoms with van der Waals surface area (Å²) in [6.07, 6.45) is -0.684. The van der Waals surface area contributed by atoms with Crippen LogP contribution in [-0.4, -0.2) is 47.9 Å². The van der Waals surface area contributed by atoms with Crippen LogP contribution < -0.4 is 5.32 Å². The second-order valence-electron chi connectivity index (χ2n) is 7.27. The molecule has 1 heterocycles. The Hall–Kier alpha value is -1.14. The third kappa shape index (κ3) is 6.32. The summed E-state index contributed by atoms with van der Waals surface area (Å²) in [4.78, 5) is 23.9. The minimum absolute atomic E-state index is 0.0153. The van der Waals surface area contributed by atoms with Crippen LogP contribution in [0.3, 0.4) is 0 Å². The highest BCUT2D eigenvalue weighted by atomic mass is 16.6. The number of Topliss-reactive ketones (excluding diaryl/α,β-unsaturated/α-hetero) is 1. The van der Waals surface area contributed by atoms with Crippen molar-refractivity contribution in [1.29, 1.82) is 0 Å². The van der Waals surface area contributed by atoms with Crippen LogP contribution in [0.2, 0.25) is 0 Å². The van der Waals surface area contributed by atoms with Gasteiger partial charge in [-0.15, -0.1) is 0 Å². The van der Waals surface area contributed by atoms with Crippen molar-refractivity contribution in [3.05, 3.63) is 0 Å². The van der Waals surface area contributed by atoms with Crippen LogP contribution in [0.4, 0.5) is 4.79 Å². The summed E-state index contributed by atoms with van der Waals surface area (Å²) in [5.41, 5.74) is -0.610. The Bertz CT molecular complexity index is 388. The Morgan fingerprint density at radius 1 is 1.45 bits per heavy atom. The first-order valence-corrected chi connectivity index (χ1v) is 7.88. The Kier molecular flexibility index (Phi) is 6.81. The van der Waals surface area contributed by atoms with Crippen molar-refractivity contribution >= 4 is 11.9 Å². The number of ketones is 1. The van der Waals surface area contributed by atoms with Gasteiger partial charge >= 0.3 is 6.09 Å². The standard InChI is InChI=1S/C16H29NO5/c1-10(2)8-12(17-15(20)22-16(3,4)5)14(19)11-9-21-7-6-13(11)18/h10-12,14,19H,6-9H2,1-5H3,(H,17,20)/t11?,12-,14?/m0/s1. The van der Waals surface area contributed by atoms with Crippen LogP contribution >= 0.6 is 0 Å². The molecule has 1 aliphatic heterocycles. The second-order valence-corrected chi connectivity index (χ2v) is 7.27. The Labute approximate surface area is 132 Å². The first-order chi connectivity index (χ1) is 10.1. The van der Waals surface area contributed by atoms with E-state index in [2.05, 4.69) is 5.32 Å². The maximum atomic E-state index is 12.0. The maximum Gasteiger partial charge on any atom is 0.407 e. The van der Waals surface area contributed by atoms with Gasteiger partial charge in [0, 0.05) is 6.42 Å². The van der Waals surface area contributed by atoms with Crippen LogP contribution in [0.25, 0.3) is 0 Å². The van der Waals surface area contributed by atoms with Gasteiger partial charge in [0.05, 0.1) is 31.3 Å². The summed E-state index contributed by atoms with van der Waals surface area (Å²) in [7, 11) is 0. The summed E-state index contributed by atoms with van der Waals surface area (Å²) >= 11 is 0. The molecule has 0 bridgehead atoms. The molecule has 0 aromatic rings. The predicted molar refractivity (Wildman–Crippen MR) is 82.6 cm³/mol. The van der Waals surface area contributed by atoms with Gasteiger partial charge < -0.3 is 19.9 Å². The number of carbonyl (C=O) groups excluding carboxylic acids is 2. The van der Waals surface area contributed by atoms with E-state index in [4.69, 9.17) is 9.47 Å². The van der Waals surface area contributed by atoms with Crippen molar-refractivity contribution in [1.82, 2.24) is 5.32 Å². The normalized spacial score (nSPS) is 22.3. The topological polar surface area (TPSA) is 84.9 Å². The van der Waals surface area contributed by atoms with Gasteiger partial charge in [-0.05, 0) is 33.1 Å². The van der Waals surface area contributed by atoms with Crippen LogP contribution in [0.15, 0.2) is 0 Å². The van der Waals surface area contributed by atoms with Crippen molar-refractivity contribution in [2.24, 2.45) is 11.8 Å². The largest absolute Gasteiger partial charge is 0.444 e. The van der Waals surface area contributed by atoms with Gasteiger partial charge in [-0.1, -0.05) is 13.8 Å². The minimum Gasteiger partial charge on any atom is -0.444 e. The van der Waals surface area contributed by atoms with Crippen molar-refractivity contribution < 1.29 is 24.2 Å². The van der Waals surface area contributed by atoms with E-state index < -0.39 is 29.8 Å². The fourth-order valence-electron chi connectivity index (χ4n) is 2.48. The smallest absolute Gasteiger partial charge is 0.407 e. The van der Waals surface area contributed by atoms with E-state index in [0.717, 1.165) is 0 Å². The highest BCUT2D eigenvalue weighted by Crippen LogP contribution is 2.21. The number of carbonyl (C=O) groups is 2. The number of hydrogen-bond acceptors (Lipinski definition) is 5. The molecule has 0 aromatic carbocycles. The molecule has 128 valence electrons. The SMILES string of the molecule is CC(C)C[C@H](NC(=O)OC(C)(C)C)C(O)C1COCCC1=O. The molecule has 0 spiro atoms. The van der Waals surface area contributed by atoms with Gasteiger partial charge in [-0.3, -0.25) is 4.79 Å². The molecule has 0 saturated carbocycles. The summed E-state index contributed by atoms with van der Waals surface area (Å²) in [5, 5.41) is 13.2. The lowest BCUT2D eigenvalue weighted by atomic mass is 9.86. The maximum absolute atomic E-state index is 12.0. The number of alkyl carbamates (subject to hydrolysis) is 1. The van der Waals surface area contributed by atoms with E-state index in [1.54, 1.807) is 20.8 Å². The molecule has 1 fully saturated rings. The monoisotopic (exact) mass is 315 g/mol. The lowest BCUT2D eigenvalue weighted by Gasteiger charge is -2.33. The Morgan fingerprint density at radius 2 is 2.09 bits per heavy atom. The minimum atomic E-state index is -0.970. The molecule has 1 rings (SSSR count). The molecule has 1 amide bonds. The summed E-state index contributed by atoms with van der Waals surface area (Å²) in [6.45, 7) is 9.92. The number of nitrogens with one attached hydrogen (secondary N) is 1. The van der Waals surface area contributed by atoms with Crippen LogP contribution in [0.1, 0.15) is 47.5 Å². The molecule has 3 atom stereocenters. The number of aliphatic hydroxyl groups excluding tert-OH is 1. The van der Waals surface area contributed by atoms with Gasteiger partial charge in [0.25, 0.3) is 0 Å². The number of amides is 1. The third-order valence-electron chi connectivity index (χ3n) is 3.46. The molecule has 1 aliphatic rings. The van der Waals surface area contributed by atoms with E-state index in [-0.39, 0.29) is 18.3 Å². The van der Waals surface area contributed by atoms with Gasteiger partial charge in [0.2, 0.25) is 0 Å². The summed E-state index contributed by atoms with van der Waals surface area (Å²) in [6, 6.07) is -0.537. The number of hydrogen-bond donors (Lipinski definition) is 2. The van der Waals surface area contributed by atoms with Crippen molar-refractivity contribution in [2.75, 3.05) is 13.2 Å². The highest BCUT2D eigenvalue weighted by Gasteiger charge is 2.36.